The van der Waals surface area contributed by atoms with Crippen LogP contribution in [0.15, 0.2) is 10.5 Å². The fraction of sp³-hybridized carbons (Fsp3) is 0.765. The SMILES string of the molecule is Cc1cc(CN(CC2CC2)C(C)C)oc1CNC1CC1. The lowest BCUT2D eigenvalue weighted by Gasteiger charge is -2.25. The Kier molecular flexibility index (Phi) is 4.18. The second-order valence-corrected chi connectivity index (χ2v) is 6.94. The molecule has 0 aliphatic heterocycles. The van der Waals surface area contributed by atoms with Crippen molar-refractivity contribution < 1.29 is 4.42 Å². The van der Waals surface area contributed by atoms with Gasteiger partial charge in [0.25, 0.3) is 0 Å². The van der Waals surface area contributed by atoms with Crippen LogP contribution in [0.4, 0.5) is 0 Å². The van der Waals surface area contributed by atoms with Crippen LogP contribution in [0, 0.1) is 12.8 Å². The van der Waals surface area contributed by atoms with Gasteiger partial charge in [0.05, 0.1) is 13.1 Å². The van der Waals surface area contributed by atoms with Crippen LogP contribution in [0.2, 0.25) is 0 Å². The second-order valence-electron chi connectivity index (χ2n) is 6.94. The zero-order valence-corrected chi connectivity index (χ0v) is 13.1. The highest BCUT2D eigenvalue weighted by atomic mass is 16.3. The Morgan fingerprint density at radius 3 is 2.65 bits per heavy atom. The average Bonchev–Trinajstić information content (AvgIpc) is 3.28. The molecule has 0 spiro atoms. The van der Waals surface area contributed by atoms with Gasteiger partial charge in [-0.1, -0.05) is 0 Å². The minimum Gasteiger partial charge on any atom is -0.463 e. The van der Waals surface area contributed by atoms with Gasteiger partial charge in [0.2, 0.25) is 0 Å². The van der Waals surface area contributed by atoms with Crippen LogP contribution in [0.25, 0.3) is 0 Å². The topological polar surface area (TPSA) is 28.4 Å². The maximum Gasteiger partial charge on any atom is 0.120 e. The van der Waals surface area contributed by atoms with E-state index in [2.05, 4.69) is 37.1 Å². The van der Waals surface area contributed by atoms with Gasteiger partial charge in [-0.05, 0) is 64.0 Å². The van der Waals surface area contributed by atoms with Crippen molar-refractivity contribution in [1.82, 2.24) is 10.2 Å². The van der Waals surface area contributed by atoms with E-state index < -0.39 is 0 Å². The Morgan fingerprint density at radius 2 is 2.05 bits per heavy atom. The van der Waals surface area contributed by atoms with Gasteiger partial charge >= 0.3 is 0 Å². The Morgan fingerprint density at radius 1 is 1.30 bits per heavy atom. The summed E-state index contributed by atoms with van der Waals surface area (Å²) in [4.78, 5) is 2.55. The van der Waals surface area contributed by atoms with E-state index in [0.29, 0.717) is 6.04 Å². The Hall–Kier alpha value is -0.800. The molecule has 0 radical (unpaired) electrons. The lowest BCUT2D eigenvalue weighted by atomic mass is 10.2. The zero-order valence-electron chi connectivity index (χ0n) is 13.1. The molecule has 0 atom stereocenters. The number of hydrogen-bond donors (Lipinski definition) is 1. The van der Waals surface area contributed by atoms with Crippen molar-refractivity contribution >= 4 is 0 Å². The molecule has 2 aliphatic carbocycles. The average molecular weight is 276 g/mol. The predicted molar refractivity (Wildman–Crippen MR) is 81.6 cm³/mol. The summed E-state index contributed by atoms with van der Waals surface area (Å²) in [6, 6.07) is 3.56. The highest BCUT2D eigenvalue weighted by Crippen LogP contribution is 2.31. The summed E-state index contributed by atoms with van der Waals surface area (Å²) in [5, 5.41) is 3.54. The molecule has 0 bridgehead atoms. The third-order valence-electron chi connectivity index (χ3n) is 4.48. The summed E-state index contributed by atoms with van der Waals surface area (Å²) in [6.07, 6.45) is 5.48. The van der Waals surface area contributed by atoms with Gasteiger partial charge in [-0.25, -0.2) is 0 Å². The smallest absolute Gasteiger partial charge is 0.120 e. The molecule has 1 heterocycles. The molecule has 1 aromatic rings. The van der Waals surface area contributed by atoms with Crippen molar-refractivity contribution in [2.45, 2.75) is 71.6 Å². The summed E-state index contributed by atoms with van der Waals surface area (Å²) in [6.45, 7) is 9.81. The van der Waals surface area contributed by atoms with Gasteiger partial charge in [-0.3, -0.25) is 4.90 Å². The van der Waals surface area contributed by atoms with E-state index in [9.17, 15) is 0 Å². The normalized spacial score (nSPS) is 19.2. The lowest BCUT2D eigenvalue weighted by molar-refractivity contribution is 0.187. The third kappa shape index (κ3) is 3.86. The van der Waals surface area contributed by atoms with Gasteiger partial charge < -0.3 is 9.73 Å². The van der Waals surface area contributed by atoms with Gasteiger partial charge in [-0.2, -0.15) is 0 Å². The molecule has 0 aromatic carbocycles. The van der Waals surface area contributed by atoms with E-state index >= 15 is 0 Å². The van der Waals surface area contributed by atoms with Gasteiger partial charge in [-0.15, -0.1) is 0 Å². The highest BCUT2D eigenvalue weighted by Gasteiger charge is 2.26. The van der Waals surface area contributed by atoms with E-state index in [4.69, 9.17) is 4.42 Å². The number of rotatable bonds is 8. The standard InChI is InChI=1S/C17H28N2O/c1-12(2)19(10-14-4-5-14)11-16-8-13(3)17(20-16)9-18-15-6-7-15/h8,12,14-15,18H,4-7,9-11H2,1-3H3. The van der Waals surface area contributed by atoms with Crippen molar-refractivity contribution in [1.29, 1.82) is 0 Å². The maximum atomic E-state index is 6.07. The Balaban J connectivity index is 1.58. The van der Waals surface area contributed by atoms with Crippen LogP contribution in [-0.4, -0.2) is 23.5 Å². The first-order chi connectivity index (χ1) is 9.61. The molecular weight excluding hydrogens is 248 g/mol. The summed E-state index contributed by atoms with van der Waals surface area (Å²) in [5.74, 6) is 3.19. The number of nitrogens with one attached hydrogen (secondary N) is 1. The molecule has 0 amide bonds. The second kappa shape index (κ2) is 5.90. The molecule has 2 aliphatic rings. The predicted octanol–water partition coefficient (Wildman–Crippen LogP) is 3.46. The van der Waals surface area contributed by atoms with E-state index in [1.54, 1.807) is 0 Å². The molecule has 112 valence electrons. The summed E-state index contributed by atoms with van der Waals surface area (Å²) in [5.41, 5.74) is 1.29. The maximum absolute atomic E-state index is 6.07. The molecule has 1 aromatic heterocycles. The number of aryl methyl sites for hydroxylation is 1. The van der Waals surface area contributed by atoms with E-state index in [-0.39, 0.29) is 0 Å². The van der Waals surface area contributed by atoms with Crippen LogP contribution in [-0.2, 0) is 13.1 Å². The minimum absolute atomic E-state index is 0.592. The van der Waals surface area contributed by atoms with Crippen molar-refractivity contribution in [3.05, 3.63) is 23.2 Å². The van der Waals surface area contributed by atoms with Crippen molar-refractivity contribution in [3.8, 4) is 0 Å². The first-order valence-electron chi connectivity index (χ1n) is 8.17. The molecule has 3 rings (SSSR count). The van der Waals surface area contributed by atoms with Crippen molar-refractivity contribution in [2.24, 2.45) is 5.92 Å². The number of nitrogens with zero attached hydrogens (tertiary/aromatic N) is 1. The van der Waals surface area contributed by atoms with Crippen LogP contribution < -0.4 is 5.32 Å². The Labute approximate surface area is 122 Å². The summed E-state index contributed by atoms with van der Waals surface area (Å²) in [7, 11) is 0. The van der Waals surface area contributed by atoms with E-state index in [0.717, 1.165) is 36.6 Å². The first-order valence-corrected chi connectivity index (χ1v) is 8.17. The number of hydrogen-bond acceptors (Lipinski definition) is 3. The lowest BCUT2D eigenvalue weighted by Crippen LogP contribution is -2.32. The molecular formula is C17H28N2O. The quantitative estimate of drug-likeness (QED) is 0.788. The highest BCUT2D eigenvalue weighted by molar-refractivity contribution is 5.20. The molecule has 2 saturated carbocycles. The Bertz CT molecular complexity index is 444. The molecule has 0 saturated heterocycles. The summed E-state index contributed by atoms with van der Waals surface area (Å²) < 4.78 is 6.07. The van der Waals surface area contributed by atoms with Crippen molar-refractivity contribution in [2.75, 3.05) is 6.54 Å². The van der Waals surface area contributed by atoms with E-state index in [1.807, 2.05) is 0 Å². The molecule has 3 nitrogen and oxygen atoms in total. The van der Waals surface area contributed by atoms with Crippen LogP contribution in [0.5, 0.6) is 0 Å². The molecule has 0 unspecified atom stereocenters. The third-order valence-corrected chi connectivity index (χ3v) is 4.48. The monoisotopic (exact) mass is 276 g/mol. The fourth-order valence-corrected chi connectivity index (χ4v) is 2.66. The van der Waals surface area contributed by atoms with Gasteiger partial charge in [0, 0.05) is 18.6 Å². The van der Waals surface area contributed by atoms with Crippen LogP contribution in [0.3, 0.4) is 0 Å². The van der Waals surface area contributed by atoms with Crippen molar-refractivity contribution in [3.63, 3.8) is 0 Å². The molecule has 20 heavy (non-hydrogen) atoms. The zero-order chi connectivity index (χ0) is 14.1. The largest absolute Gasteiger partial charge is 0.463 e. The fourth-order valence-electron chi connectivity index (χ4n) is 2.66. The number of furan rings is 1. The first kappa shape index (κ1) is 14.2. The van der Waals surface area contributed by atoms with Gasteiger partial charge in [0.15, 0.2) is 0 Å². The minimum atomic E-state index is 0.592. The van der Waals surface area contributed by atoms with Crippen LogP contribution in [0.1, 0.15) is 56.6 Å². The van der Waals surface area contributed by atoms with Crippen LogP contribution >= 0.6 is 0 Å². The van der Waals surface area contributed by atoms with Gasteiger partial charge in [0.1, 0.15) is 11.5 Å². The molecule has 1 N–H and O–H groups in total. The molecule has 2 fully saturated rings. The molecule has 3 heteroatoms. The van der Waals surface area contributed by atoms with E-state index in [1.165, 1.54) is 37.8 Å². The summed E-state index contributed by atoms with van der Waals surface area (Å²) >= 11 is 0.